The molecule has 1 aliphatic carbocycles. The third-order valence-corrected chi connectivity index (χ3v) is 6.74. The molecule has 2 rings (SSSR count). The Bertz CT molecular complexity index is 341. The van der Waals surface area contributed by atoms with Gasteiger partial charge in [-0.25, -0.2) is 13.1 Å². The number of rotatable bonds is 6. The maximum Gasteiger partial charge on any atom is 0.213 e. The monoisotopic (exact) mass is 278 g/mol. The molecule has 2 fully saturated rings. The quantitative estimate of drug-likeness (QED) is 0.759. The Morgan fingerprint density at radius 2 is 2.18 bits per heavy atom. The van der Waals surface area contributed by atoms with Crippen LogP contribution in [0.3, 0.4) is 0 Å². The molecule has 0 aromatic heterocycles. The second-order valence-corrected chi connectivity index (χ2v) is 8.26. The van der Waals surface area contributed by atoms with E-state index in [1.807, 2.05) is 0 Å². The van der Waals surface area contributed by atoms with E-state index in [0.29, 0.717) is 6.54 Å². The highest BCUT2D eigenvalue weighted by Gasteiger charge is 2.37. The molecule has 17 heavy (non-hydrogen) atoms. The fraction of sp³-hybridized carbons (Fsp3) is 1.00. The van der Waals surface area contributed by atoms with Gasteiger partial charge in [-0.2, -0.15) is 11.8 Å². The molecule has 4 nitrogen and oxygen atoms in total. The van der Waals surface area contributed by atoms with Gasteiger partial charge in [0.1, 0.15) is 0 Å². The Balaban J connectivity index is 1.80. The molecule has 6 heteroatoms. The summed E-state index contributed by atoms with van der Waals surface area (Å²) in [6.07, 6.45) is 7.65. The van der Waals surface area contributed by atoms with Crippen molar-refractivity contribution in [1.82, 2.24) is 10.0 Å². The van der Waals surface area contributed by atoms with Gasteiger partial charge in [0.15, 0.2) is 0 Å². The summed E-state index contributed by atoms with van der Waals surface area (Å²) in [5.74, 6) is 0.234. The van der Waals surface area contributed by atoms with Crippen LogP contribution in [0.25, 0.3) is 0 Å². The number of hydrogen-bond acceptors (Lipinski definition) is 4. The molecule has 1 atom stereocenters. The lowest BCUT2D eigenvalue weighted by molar-refractivity contribution is 0.361. The van der Waals surface area contributed by atoms with E-state index in [1.165, 1.54) is 6.42 Å². The van der Waals surface area contributed by atoms with Gasteiger partial charge in [0.2, 0.25) is 10.0 Å². The Hall–Kier alpha value is 0.220. The molecular formula is C11H22N2O2S2. The van der Waals surface area contributed by atoms with Crippen LogP contribution in [0.4, 0.5) is 0 Å². The molecule has 0 bridgehead atoms. The first-order chi connectivity index (χ1) is 8.05. The Morgan fingerprint density at radius 1 is 1.41 bits per heavy atom. The third kappa shape index (κ3) is 3.59. The lowest BCUT2D eigenvalue weighted by Gasteiger charge is -2.40. The van der Waals surface area contributed by atoms with Crippen molar-refractivity contribution in [2.75, 3.05) is 25.1 Å². The second kappa shape index (κ2) is 5.47. The van der Waals surface area contributed by atoms with Crippen LogP contribution in [0.5, 0.6) is 0 Å². The van der Waals surface area contributed by atoms with Gasteiger partial charge >= 0.3 is 0 Å². The van der Waals surface area contributed by atoms with Crippen molar-refractivity contribution >= 4 is 21.8 Å². The fourth-order valence-corrected chi connectivity index (χ4v) is 4.92. The van der Waals surface area contributed by atoms with Crippen LogP contribution in [0.1, 0.15) is 32.1 Å². The van der Waals surface area contributed by atoms with Gasteiger partial charge in [0, 0.05) is 17.3 Å². The van der Waals surface area contributed by atoms with Gasteiger partial charge in [-0.1, -0.05) is 6.42 Å². The smallest absolute Gasteiger partial charge is 0.213 e. The van der Waals surface area contributed by atoms with E-state index in [1.54, 1.807) is 11.8 Å². The molecule has 0 aromatic carbocycles. The highest BCUT2D eigenvalue weighted by Crippen LogP contribution is 2.42. The average Bonchev–Trinajstić information content (AvgIpc) is 2.68. The van der Waals surface area contributed by atoms with E-state index >= 15 is 0 Å². The first-order valence-corrected chi connectivity index (χ1v) is 9.19. The summed E-state index contributed by atoms with van der Waals surface area (Å²) in [6.45, 7) is 1.55. The van der Waals surface area contributed by atoms with E-state index in [-0.39, 0.29) is 16.5 Å². The number of nitrogens with one attached hydrogen (secondary N) is 2. The predicted octanol–water partition coefficient (Wildman–Crippen LogP) is 0.943. The molecule has 0 amide bonds. The third-order valence-electron chi connectivity index (χ3n) is 3.90. The fourth-order valence-electron chi connectivity index (χ4n) is 2.49. The molecule has 0 spiro atoms. The van der Waals surface area contributed by atoms with Crippen LogP contribution in [0.2, 0.25) is 0 Å². The van der Waals surface area contributed by atoms with Crippen LogP contribution in [-0.4, -0.2) is 44.3 Å². The predicted molar refractivity (Wildman–Crippen MR) is 72.9 cm³/mol. The zero-order valence-corrected chi connectivity index (χ0v) is 12.0. The minimum Gasteiger partial charge on any atom is -0.313 e. The van der Waals surface area contributed by atoms with Crippen LogP contribution < -0.4 is 10.0 Å². The Morgan fingerprint density at radius 3 is 2.65 bits per heavy atom. The standard InChI is InChI=1S/C11H22N2O2S2/c1-16-11(5-3-6-11)9-13-17(14,15)8-10-4-2-7-12-10/h10,12-13H,2-9H2,1H3. The maximum absolute atomic E-state index is 11.9. The summed E-state index contributed by atoms with van der Waals surface area (Å²) in [7, 11) is -3.11. The summed E-state index contributed by atoms with van der Waals surface area (Å²) in [6, 6.07) is 0.152. The van der Waals surface area contributed by atoms with Gasteiger partial charge in [0.05, 0.1) is 5.75 Å². The van der Waals surface area contributed by atoms with E-state index in [2.05, 4.69) is 16.3 Å². The first kappa shape index (κ1) is 13.6. The van der Waals surface area contributed by atoms with E-state index in [0.717, 1.165) is 32.2 Å². The van der Waals surface area contributed by atoms with Gasteiger partial charge in [-0.05, 0) is 38.5 Å². The lowest BCUT2D eigenvalue weighted by atomic mass is 9.84. The minimum atomic E-state index is -3.11. The van der Waals surface area contributed by atoms with Gasteiger partial charge < -0.3 is 5.32 Å². The molecule has 1 unspecified atom stereocenters. The van der Waals surface area contributed by atoms with Crippen LogP contribution in [-0.2, 0) is 10.0 Å². The second-order valence-electron chi connectivity index (χ2n) is 5.14. The zero-order valence-electron chi connectivity index (χ0n) is 10.4. The highest BCUT2D eigenvalue weighted by atomic mass is 32.2. The van der Waals surface area contributed by atoms with Gasteiger partial charge in [-0.3, -0.25) is 0 Å². The molecular weight excluding hydrogens is 256 g/mol. The number of thioether (sulfide) groups is 1. The largest absolute Gasteiger partial charge is 0.313 e. The highest BCUT2D eigenvalue weighted by molar-refractivity contribution is 8.00. The summed E-state index contributed by atoms with van der Waals surface area (Å²) in [4.78, 5) is 0. The molecule has 2 aliphatic rings. The zero-order chi connectivity index (χ0) is 12.4. The normalized spacial score (nSPS) is 27.9. The first-order valence-electron chi connectivity index (χ1n) is 6.31. The molecule has 1 aliphatic heterocycles. The molecule has 0 radical (unpaired) electrons. The Labute approximate surface area is 108 Å². The summed E-state index contributed by atoms with van der Waals surface area (Å²) in [5, 5.41) is 3.23. The Kier molecular flexibility index (Phi) is 4.39. The van der Waals surface area contributed by atoms with E-state index < -0.39 is 10.0 Å². The molecule has 1 saturated heterocycles. The average molecular weight is 278 g/mol. The molecule has 1 heterocycles. The maximum atomic E-state index is 11.9. The van der Waals surface area contributed by atoms with Gasteiger partial charge in [-0.15, -0.1) is 0 Å². The van der Waals surface area contributed by atoms with Crippen molar-refractivity contribution in [2.24, 2.45) is 0 Å². The van der Waals surface area contributed by atoms with Crippen LogP contribution >= 0.6 is 11.8 Å². The number of sulfonamides is 1. The summed E-state index contributed by atoms with van der Waals surface area (Å²) in [5.41, 5.74) is 0. The van der Waals surface area contributed by atoms with E-state index in [4.69, 9.17) is 0 Å². The summed E-state index contributed by atoms with van der Waals surface area (Å²) >= 11 is 1.80. The van der Waals surface area contributed by atoms with Crippen molar-refractivity contribution < 1.29 is 8.42 Å². The topological polar surface area (TPSA) is 58.2 Å². The van der Waals surface area contributed by atoms with Crippen molar-refractivity contribution in [1.29, 1.82) is 0 Å². The van der Waals surface area contributed by atoms with Crippen LogP contribution in [0, 0.1) is 0 Å². The summed E-state index contributed by atoms with van der Waals surface area (Å²) < 4.78 is 26.8. The molecule has 100 valence electrons. The number of hydrogen-bond donors (Lipinski definition) is 2. The molecule has 1 saturated carbocycles. The molecule has 0 aromatic rings. The van der Waals surface area contributed by atoms with E-state index in [9.17, 15) is 8.42 Å². The van der Waals surface area contributed by atoms with Crippen molar-refractivity contribution in [3.63, 3.8) is 0 Å². The minimum absolute atomic E-state index is 0.152. The van der Waals surface area contributed by atoms with Crippen molar-refractivity contribution in [3.8, 4) is 0 Å². The lowest BCUT2D eigenvalue weighted by Crippen LogP contribution is -2.47. The van der Waals surface area contributed by atoms with Gasteiger partial charge in [0.25, 0.3) is 0 Å². The van der Waals surface area contributed by atoms with Crippen molar-refractivity contribution in [3.05, 3.63) is 0 Å². The van der Waals surface area contributed by atoms with Crippen LogP contribution in [0.15, 0.2) is 0 Å². The SMILES string of the molecule is CSC1(CNS(=O)(=O)CC2CCCN2)CCC1. The molecule has 2 N–H and O–H groups in total. The van der Waals surface area contributed by atoms with Crippen molar-refractivity contribution in [2.45, 2.75) is 42.9 Å².